The fourth-order valence-electron chi connectivity index (χ4n) is 2.13. The molecular formula is C19H24N4O4S. The highest BCUT2D eigenvalue weighted by Gasteiger charge is 2.10. The molecule has 0 bridgehead atoms. The van der Waals surface area contributed by atoms with E-state index in [0.29, 0.717) is 18.1 Å². The third-order valence-corrected chi connectivity index (χ3v) is 4.35. The van der Waals surface area contributed by atoms with Gasteiger partial charge in [0, 0.05) is 19.5 Å². The van der Waals surface area contributed by atoms with Gasteiger partial charge in [0.15, 0.2) is 18.1 Å². The number of amides is 2. The first-order valence-electron chi connectivity index (χ1n) is 8.71. The monoisotopic (exact) mass is 404 g/mol. The summed E-state index contributed by atoms with van der Waals surface area (Å²) in [7, 11) is 3.33. The average molecular weight is 404 g/mol. The van der Waals surface area contributed by atoms with E-state index in [-0.39, 0.29) is 24.8 Å². The summed E-state index contributed by atoms with van der Waals surface area (Å²) in [4.78, 5) is 29.3. The van der Waals surface area contributed by atoms with Gasteiger partial charge in [0.2, 0.25) is 5.91 Å². The molecule has 0 atom stereocenters. The maximum absolute atomic E-state index is 11.9. The zero-order valence-corrected chi connectivity index (χ0v) is 17.2. The summed E-state index contributed by atoms with van der Waals surface area (Å²) < 4.78 is 11.1. The lowest BCUT2D eigenvalue weighted by atomic mass is 10.2. The largest absolute Gasteiger partial charge is 0.490 e. The molecule has 8 nitrogen and oxygen atoms in total. The Hall–Kier alpha value is -2.94. The summed E-state index contributed by atoms with van der Waals surface area (Å²) in [6, 6.07) is 5.20. The van der Waals surface area contributed by atoms with Gasteiger partial charge in [-0.2, -0.15) is 5.10 Å². The lowest BCUT2D eigenvalue weighted by molar-refractivity contribution is -0.130. The molecule has 2 aromatic rings. The summed E-state index contributed by atoms with van der Waals surface area (Å²) in [5, 5.41) is 6.74. The first-order chi connectivity index (χ1) is 13.4. The molecule has 0 radical (unpaired) electrons. The Labute approximate surface area is 168 Å². The maximum Gasteiger partial charge on any atom is 0.259 e. The molecule has 1 heterocycles. The Bertz CT molecular complexity index is 848. The van der Waals surface area contributed by atoms with E-state index >= 15 is 0 Å². The predicted molar refractivity (Wildman–Crippen MR) is 108 cm³/mol. The van der Waals surface area contributed by atoms with Gasteiger partial charge in [0.25, 0.3) is 5.91 Å². The molecule has 1 aromatic carbocycles. The van der Waals surface area contributed by atoms with Gasteiger partial charge in [-0.25, -0.2) is 10.4 Å². The van der Waals surface area contributed by atoms with Gasteiger partial charge >= 0.3 is 0 Å². The van der Waals surface area contributed by atoms with Gasteiger partial charge in [0.1, 0.15) is 0 Å². The number of rotatable bonds is 9. The fraction of sp³-hybridized carbons (Fsp3) is 0.368. The quantitative estimate of drug-likeness (QED) is 0.510. The van der Waals surface area contributed by atoms with Crippen molar-refractivity contribution in [1.29, 1.82) is 0 Å². The number of ether oxygens (including phenoxy) is 2. The Morgan fingerprint density at radius 3 is 2.71 bits per heavy atom. The van der Waals surface area contributed by atoms with Crippen molar-refractivity contribution in [1.82, 2.24) is 15.3 Å². The molecule has 0 saturated heterocycles. The number of hydrogen-bond acceptors (Lipinski definition) is 7. The summed E-state index contributed by atoms with van der Waals surface area (Å²) in [5.41, 5.74) is 3.93. The zero-order valence-electron chi connectivity index (χ0n) is 16.4. The van der Waals surface area contributed by atoms with Crippen molar-refractivity contribution in [3.63, 3.8) is 0 Å². The normalized spacial score (nSPS) is 10.7. The van der Waals surface area contributed by atoms with Crippen LogP contribution in [0.2, 0.25) is 0 Å². The minimum atomic E-state index is -0.242. The van der Waals surface area contributed by atoms with Crippen LogP contribution < -0.4 is 14.9 Å². The molecule has 0 aliphatic heterocycles. The standard InChI is InChI=1S/C19H24N4O4S/c1-5-26-17-8-14(6-7-16(17)27-11-19(25)23(3)4)10-20-22-18(24)9-15-12-28-13(2)21-15/h6-8,10,12H,5,9,11H2,1-4H3,(H,22,24)/b20-10+. The predicted octanol–water partition coefficient (Wildman–Crippen LogP) is 2.01. The lowest BCUT2D eigenvalue weighted by Gasteiger charge is -2.14. The van der Waals surface area contributed by atoms with Gasteiger partial charge in [-0.05, 0) is 37.6 Å². The summed E-state index contributed by atoms with van der Waals surface area (Å²) in [5.74, 6) is 0.583. The molecule has 9 heteroatoms. The van der Waals surface area contributed by atoms with Crippen molar-refractivity contribution in [3.8, 4) is 11.5 Å². The number of nitrogens with one attached hydrogen (secondary N) is 1. The topological polar surface area (TPSA) is 93.1 Å². The second kappa shape index (κ2) is 10.4. The molecule has 0 unspecified atom stereocenters. The first kappa shape index (κ1) is 21.4. The van der Waals surface area contributed by atoms with Gasteiger partial charge < -0.3 is 14.4 Å². The molecule has 2 amide bonds. The van der Waals surface area contributed by atoms with E-state index in [1.807, 2.05) is 19.2 Å². The molecule has 0 fully saturated rings. The summed E-state index contributed by atoms with van der Waals surface area (Å²) in [6.07, 6.45) is 1.69. The number of aromatic nitrogens is 1. The molecule has 28 heavy (non-hydrogen) atoms. The Balaban J connectivity index is 1.96. The van der Waals surface area contributed by atoms with Crippen molar-refractivity contribution >= 4 is 29.4 Å². The number of benzene rings is 1. The highest BCUT2D eigenvalue weighted by Crippen LogP contribution is 2.28. The van der Waals surface area contributed by atoms with Gasteiger partial charge in [-0.3, -0.25) is 9.59 Å². The molecule has 0 aliphatic rings. The molecule has 1 aromatic heterocycles. The van der Waals surface area contributed by atoms with E-state index in [1.54, 1.807) is 32.3 Å². The van der Waals surface area contributed by atoms with E-state index in [1.165, 1.54) is 22.5 Å². The van der Waals surface area contributed by atoms with Gasteiger partial charge in [-0.15, -0.1) is 11.3 Å². The minimum Gasteiger partial charge on any atom is -0.490 e. The average Bonchev–Trinajstić information content (AvgIpc) is 3.05. The van der Waals surface area contributed by atoms with Crippen LogP contribution in [0.3, 0.4) is 0 Å². The Morgan fingerprint density at radius 2 is 2.07 bits per heavy atom. The molecule has 0 saturated carbocycles. The van der Waals surface area contributed by atoms with Gasteiger partial charge in [-0.1, -0.05) is 0 Å². The van der Waals surface area contributed by atoms with Crippen LogP contribution in [0.1, 0.15) is 23.2 Å². The second-order valence-corrected chi connectivity index (χ2v) is 7.11. The van der Waals surface area contributed by atoms with Crippen molar-refractivity contribution in [3.05, 3.63) is 39.8 Å². The molecule has 1 N–H and O–H groups in total. The minimum absolute atomic E-state index is 0.0767. The van der Waals surface area contributed by atoms with Crippen molar-refractivity contribution in [2.45, 2.75) is 20.3 Å². The number of thiazole rings is 1. The second-order valence-electron chi connectivity index (χ2n) is 6.04. The van der Waals surface area contributed by atoms with Crippen LogP contribution in [0.5, 0.6) is 11.5 Å². The van der Waals surface area contributed by atoms with E-state index in [2.05, 4.69) is 15.5 Å². The number of carbonyl (C=O) groups is 2. The third kappa shape index (κ3) is 6.66. The molecule has 0 spiro atoms. The van der Waals surface area contributed by atoms with Crippen LogP contribution in [-0.2, 0) is 16.0 Å². The lowest BCUT2D eigenvalue weighted by Crippen LogP contribution is -2.27. The molecular weight excluding hydrogens is 380 g/mol. The fourth-order valence-corrected chi connectivity index (χ4v) is 2.75. The molecule has 2 rings (SSSR count). The number of carbonyl (C=O) groups excluding carboxylic acids is 2. The maximum atomic E-state index is 11.9. The number of aryl methyl sites for hydroxylation is 1. The van der Waals surface area contributed by atoms with E-state index in [9.17, 15) is 9.59 Å². The van der Waals surface area contributed by atoms with Crippen LogP contribution in [0, 0.1) is 6.92 Å². The Kier molecular flexibility index (Phi) is 7.94. The van der Waals surface area contributed by atoms with Crippen LogP contribution >= 0.6 is 11.3 Å². The Morgan fingerprint density at radius 1 is 1.29 bits per heavy atom. The number of hydrogen-bond donors (Lipinski definition) is 1. The van der Waals surface area contributed by atoms with E-state index in [0.717, 1.165) is 16.3 Å². The van der Waals surface area contributed by atoms with Crippen molar-refractivity contribution in [2.24, 2.45) is 5.10 Å². The number of hydrazone groups is 1. The van der Waals surface area contributed by atoms with Crippen molar-refractivity contribution in [2.75, 3.05) is 27.3 Å². The van der Waals surface area contributed by atoms with Crippen LogP contribution in [0.25, 0.3) is 0 Å². The zero-order chi connectivity index (χ0) is 20.5. The third-order valence-electron chi connectivity index (χ3n) is 3.53. The summed E-state index contributed by atoms with van der Waals surface area (Å²) >= 11 is 1.50. The molecule has 0 aliphatic carbocycles. The van der Waals surface area contributed by atoms with Crippen molar-refractivity contribution < 1.29 is 19.1 Å². The number of nitrogens with zero attached hydrogens (tertiary/aromatic N) is 3. The highest BCUT2D eigenvalue weighted by molar-refractivity contribution is 7.09. The summed E-state index contributed by atoms with van der Waals surface area (Å²) in [6.45, 7) is 4.12. The first-order valence-corrected chi connectivity index (χ1v) is 9.59. The van der Waals surface area contributed by atoms with Crippen LogP contribution in [0.15, 0.2) is 28.7 Å². The van der Waals surface area contributed by atoms with E-state index < -0.39 is 0 Å². The van der Waals surface area contributed by atoms with Crippen LogP contribution in [-0.4, -0.2) is 55.2 Å². The molecule has 150 valence electrons. The SMILES string of the molecule is CCOc1cc(/C=N/NC(=O)Cc2csc(C)n2)ccc1OCC(=O)N(C)C. The van der Waals surface area contributed by atoms with Crippen LogP contribution in [0.4, 0.5) is 0 Å². The number of likely N-dealkylation sites (N-methyl/N-ethyl adjacent to an activating group) is 1. The highest BCUT2D eigenvalue weighted by atomic mass is 32.1. The van der Waals surface area contributed by atoms with Gasteiger partial charge in [0.05, 0.1) is 29.9 Å². The van der Waals surface area contributed by atoms with E-state index in [4.69, 9.17) is 9.47 Å². The smallest absolute Gasteiger partial charge is 0.259 e.